The van der Waals surface area contributed by atoms with Gasteiger partial charge in [-0.05, 0) is 50.2 Å². The van der Waals surface area contributed by atoms with Gasteiger partial charge in [-0.2, -0.15) is 0 Å². The number of carbonyl (C=O) groups excluding carboxylic acids is 2. The van der Waals surface area contributed by atoms with Gasteiger partial charge in [0.2, 0.25) is 0 Å². The molecule has 0 spiro atoms. The third-order valence-electron chi connectivity index (χ3n) is 2.87. The Labute approximate surface area is 121 Å². The zero-order valence-corrected chi connectivity index (χ0v) is 11.6. The van der Waals surface area contributed by atoms with Crippen molar-refractivity contribution in [2.45, 2.75) is 13.8 Å². The van der Waals surface area contributed by atoms with Crippen LogP contribution in [0.4, 0.5) is 4.39 Å². The van der Waals surface area contributed by atoms with Crippen LogP contribution in [-0.4, -0.2) is 16.8 Å². The van der Waals surface area contributed by atoms with Gasteiger partial charge in [0, 0.05) is 11.3 Å². The molecule has 0 fully saturated rings. The van der Waals surface area contributed by atoms with Crippen LogP contribution < -0.4 is 10.9 Å². The number of pyridine rings is 1. The number of amides is 2. The van der Waals surface area contributed by atoms with Crippen LogP contribution in [-0.2, 0) is 0 Å². The number of benzene rings is 1. The smallest absolute Gasteiger partial charge is 0.267 e. The molecule has 0 atom stereocenters. The van der Waals surface area contributed by atoms with Gasteiger partial charge in [0.15, 0.2) is 0 Å². The number of nitrogens with zero attached hydrogens (tertiary/aromatic N) is 1. The van der Waals surface area contributed by atoms with Crippen molar-refractivity contribution >= 4 is 11.8 Å². The molecule has 2 N–H and O–H groups in total. The fourth-order valence-electron chi connectivity index (χ4n) is 1.78. The van der Waals surface area contributed by atoms with E-state index in [4.69, 9.17) is 0 Å². The number of rotatable bonds is 2. The van der Waals surface area contributed by atoms with Crippen LogP contribution in [0.1, 0.15) is 32.1 Å². The van der Waals surface area contributed by atoms with E-state index in [1.165, 1.54) is 24.3 Å². The second kappa shape index (κ2) is 6.13. The van der Waals surface area contributed by atoms with Crippen molar-refractivity contribution in [1.29, 1.82) is 0 Å². The average molecular weight is 287 g/mol. The molecule has 2 aromatic rings. The van der Waals surface area contributed by atoms with E-state index in [1.54, 1.807) is 19.1 Å². The zero-order valence-electron chi connectivity index (χ0n) is 11.6. The first kappa shape index (κ1) is 14.6. The molecule has 6 heteroatoms. The summed E-state index contributed by atoms with van der Waals surface area (Å²) in [5.41, 5.74) is 6.57. The lowest BCUT2D eigenvalue weighted by Crippen LogP contribution is -2.41. The van der Waals surface area contributed by atoms with Gasteiger partial charge >= 0.3 is 0 Å². The molecule has 0 bridgehead atoms. The first-order valence-electron chi connectivity index (χ1n) is 6.28. The van der Waals surface area contributed by atoms with Gasteiger partial charge in [-0.1, -0.05) is 0 Å². The van der Waals surface area contributed by atoms with E-state index in [1.807, 2.05) is 6.92 Å². The van der Waals surface area contributed by atoms with Gasteiger partial charge in [-0.15, -0.1) is 0 Å². The monoisotopic (exact) mass is 287 g/mol. The predicted octanol–water partition coefficient (Wildman–Crippen LogP) is 1.91. The molecule has 0 saturated heterocycles. The van der Waals surface area contributed by atoms with Crippen molar-refractivity contribution < 1.29 is 14.0 Å². The molecular formula is C15H14FN3O2. The largest absolute Gasteiger partial charge is 0.271 e. The minimum Gasteiger partial charge on any atom is -0.267 e. The quantitative estimate of drug-likeness (QED) is 0.829. The Hall–Kier alpha value is -2.76. The van der Waals surface area contributed by atoms with Gasteiger partial charge in [0.25, 0.3) is 11.8 Å². The lowest BCUT2D eigenvalue weighted by molar-refractivity contribution is 0.0846. The molecular weight excluding hydrogens is 273 g/mol. The summed E-state index contributed by atoms with van der Waals surface area (Å²) in [6, 6.07) is 8.35. The number of hydrazine groups is 1. The second-order valence-electron chi connectivity index (χ2n) is 4.50. The van der Waals surface area contributed by atoms with Gasteiger partial charge in [0.1, 0.15) is 5.82 Å². The summed E-state index contributed by atoms with van der Waals surface area (Å²) >= 11 is 0. The highest BCUT2D eigenvalue weighted by Gasteiger charge is 2.12. The molecule has 1 heterocycles. The highest BCUT2D eigenvalue weighted by molar-refractivity contribution is 5.99. The maximum atomic E-state index is 12.8. The van der Waals surface area contributed by atoms with Crippen molar-refractivity contribution in [2.24, 2.45) is 0 Å². The van der Waals surface area contributed by atoms with E-state index >= 15 is 0 Å². The van der Waals surface area contributed by atoms with Gasteiger partial charge < -0.3 is 0 Å². The Balaban J connectivity index is 2.00. The molecule has 21 heavy (non-hydrogen) atoms. The average Bonchev–Trinajstić information content (AvgIpc) is 2.45. The summed E-state index contributed by atoms with van der Waals surface area (Å²) in [5.74, 6) is -1.42. The maximum Gasteiger partial charge on any atom is 0.271 e. The molecule has 0 aliphatic rings. The van der Waals surface area contributed by atoms with Crippen LogP contribution in [0.2, 0.25) is 0 Å². The summed E-state index contributed by atoms with van der Waals surface area (Å²) < 4.78 is 12.8. The third kappa shape index (κ3) is 3.62. The topological polar surface area (TPSA) is 71.1 Å². The summed E-state index contributed by atoms with van der Waals surface area (Å²) in [7, 11) is 0. The summed E-state index contributed by atoms with van der Waals surface area (Å²) in [4.78, 5) is 27.9. The molecule has 0 aliphatic heterocycles. The first-order chi connectivity index (χ1) is 9.97. The van der Waals surface area contributed by atoms with Crippen molar-refractivity contribution in [1.82, 2.24) is 15.8 Å². The highest BCUT2D eigenvalue weighted by Crippen LogP contribution is 2.06. The number of aryl methyl sites for hydroxylation is 2. The standard InChI is InChI=1S/C15H14FN3O2/c1-9-3-8-13(10(2)17-9)15(21)19-18-14(20)11-4-6-12(16)7-5-11/h3-8H,1-2H3,(H,18,20)(H,19,21). The van der Waals surface area contributed by atoms with Gasteiger partial charge in [-0.3, -0.25) is 25.4 Å². The number of carbonyl (C=O) groups is 2. The molecule has 0 unspecified atom stereocenters. The van der Waals surface area contributed by atoms with Crippen LogP contribution in [0.5, 0.6) is 0 Å². The Bertz CT molecular complexity index is 684. The van der Waals surface area contributed by atoms with Gasteiger partial charge in [0.05, 0.1) is 11.3 Å². The van der Waals surface area contributed by atoms with E-state index in [9.17, 15) is 14.0 Å². The number of aromatic nitrogens is 1. The number of hydrogen-bond donors (Lipinski definition) is 2. The Kier molecular flexibility index (Phi) is 4.27. The summed E-state index contributed by atoms with van der Waals surface area (Å²) in [5, 5.41) is 0. The van der Waals surface area contributed by atoms with E-state index in [2.05, 4.69) is 15.8 Å². The molecule has 0 radical (unpaired) electrons. The third-order valence-corrected chi connectivity index (χ3v) is 2.87. The van der Waals surface area contributed by atoms with Crippen LogP contribution in [0.25, 0.3) is 0 Å². The van der Waals surface area contributed by atoms with E-state index in [-0.39, 0.29) is 5.56 Å². The highest BCUT2D eigenvalue weighted by atomic mass is 19.1. The summed E-state index contributed by atoms with van der Waals surface area (Å²) in [6.45, 7) is 3.54. The van der Waals surface area contributed by atoms with E-state index < -0.39 is 17.6 Å². The van der Waals surface area contributed by atoms with Crippen LogP contribution in [0.3, 0.4) is 0 Å². The van der Waals surface area contributed by atoms with Crippen molar-refractivity contribution in [2.75, 3.05) is 0 Å². The normalized spacial score (nSPS) is 10.0. The fraction of sp³-hybridized carbons (Fsp3) is 0.133. The number of halogens is 1. The Morgan fingerprint density at radius 1 is 0.952 bits per heavy atom. The maximum absolute atomic E-state index is 12.8. The SMILES string of the molecule is Cc1ccc(C(=O)NNC(=O)c2ccc(F)cc2)c(C)n1. The Morgan fingerprint density at radius 3 is 2.19 bits per heavy atom. The lowest BCUT2D eigenvalue weighted by atomic mass is 10.2. The molecule has 1 aromatic heterocycles. The zero-order chi connectivity index (χ0) is 15.4. The lowest BCUT2D eigenvalue weighted by Gasteiger charge is -2.09. The molecule has 108 valence electrons. The number of hydrogen-bond acceptors (Lipinski definition) is 3. The van der Waals surface area contributed by atoms with Crippen molar-refractivity contribution in [3.8, 4) is 0 Å². The molecule has 0 saturated carbocycles. The van der Waals surface area contributed by atoms with Crippen LogP contribution >= 0.6 is 0 Å². The van der Waals surface area contributed by atoms with Crippen LogP contribution in [0.15, 0.2) is 36.4 Å². The molecule has 2 rings (SSSR count). The second-order valence-corrected chi connectivity index (χ2v) is 4.50. The van der Waals surface area contributed by atoms with Gasteiger partial charge in [-0.25, -0.2) is 4.39 Å². The Morgan fingerprint density at radius 2 is 1.57 bits per heavy atom. The predicted molar refractivity (Wildman–Crippen MR) is 75.0 cm³/mol. The molecule has 2 amide bonds. The number of nitrogens with one attached hydrogen (secondary N) is 2. The van der Waals surface area contributed by atoms with Crippen molar-refractivity contribution in [3.05, 3.63) is 64.7 Å². The molecule has 5 nitrogen and oxygen atoms in total. The molecule has 0 aliphatic carbocycles. The molecule has 1 aromatic carbocycles. The fourth-order valence-corrected chi connectivity index (χ4v) is 1.78. The summed E-state index contributed by atoms with van der Waals surface area (Å²) in [6.07, 6.45) is 0. The van der Waals surface area contributed by atoms with E-state index in [0.717, 1.165) is 5.69 Å². The van der Waals surface area contributed by atoms with Crippen LogP contribution in [0, 0.1) is 19.7 Å². The first-order valence-corrected chi connectivity index (χ1v) is 6.28. The van der Waals surface area contributed by atoms with E-state index in [0.29, 0.717) is 11.3 Å². The minimum atomic E-state index is -0.527. The minimum absolute atomic E-state index is 0.246. The van der Waals surface area contributed by atoms with Crippen molar-refractivity contribution in [3.63, 3.8) is 0 Å².